The van der Waals surface area contributed by atoms with Crippen molar-refractivity contribution in [1.29, 1.82) is 0 Å². The molecule has 0 spiro atoms. The largest absolute Gasteiger partial charge is 0.495 e. The molecule has 0 saturated carbocycles. The molecule has 1 saturated heterocycles. The number of anilines is 1. The number of nitrogens with one attached hydrogen (secondary N) is 1. The first kappa shape index (κ1) is 31.8. The lowest BCUT2D eigenvalue weighted by atomic mass is 10.00. The molecule has 3 aromatic rings. The minimum atomic E-state index is -4.62. The van der Waals surface area contributed by atoms with E-state index in [1.165, 1.54) is 37.6 Å². The van der Waals surface area contributed by atoms with E-state index >= 15 is 0 Å². The molecule has 43 heavy (non-hydrogen) atoms. The van der Waals surface area contributed by atoms with Crippen molar-refractivity contribution in [1.82, 2.24) is 4.57 Å². The van der Waals surface area contributed by atoms with Crippen molar-refractivity contribution in [3.8, 4) is 22.6 Å². The Balaban J connectivity index is 1.74. The SMILES string of the molecule is COc1cn(C(C[C@@H]2CCCCO2)C(=O)Nc2ccc(C(N)=O)c(F)c2)c(=O)cc1-c1cc(Cl)ccc1OCC(F)(F)F. The molecule has 230 valence electrons. The Morgan fingerprint density at radius 1 is 1.14 bits per heavy atom. The second-order valence-corrected chi connectivity index (χ2v) is 10.3. The normalized spacial score (nSPS) is 15.9. The van der Waals surface area contributed by atoms with Gasteiger partial charge in [-0.05, 0) is 55.7 Å². The molecule has 2 atom stereocenters. The predicted octanol–water partition coefficient (Wildman–Crippen LogP) is 5.50. The van der Waals surface area contributed by atoms with E-state index in [9.17, 15) is 31.9 Å². The van der Waals surface area contributed by atoms with Gasteiger partial charge in [-0.15, -0.1) is 0 Å². The van der Waals surface area contributed by atoms with Gasteiger partial charge in [-0.1, -0.05) is 11.6 Å². The summed E-state index contributed by atoms with van der Waals surface area (Å²) >= 11 is 6.12. The number of halogens is 5. The van der Waals surface area contributed by atoms with Gasteiger partial charge in [-0.3, -0.25) is 19.0 Å². The number of primary amides is 1. The Bertz CT molecular complexity index is 1560. The van der Waals surface area contributed by atoms with Gasteiger partial charge in [0.1, 0.15) is 23.4 Å². The van der Waals surface area contributed by atoms with Crippen LogP contribution in [-0.2, 0) is 9.53 Å². The third-order valence-electron chi connectivity index (χ3n) is 6.79. The first-order chi connectivity index (χ1) is 20.4. The molecule has 1 aliphatic heterocycles. The maximum absolute atomic E-state index is 14.4. The molecule has 1 aromatic heterocycles. The molecule has 1 aliphatic rings. The fraction of sp³-hybridized carbons (Fsp3) is 0.345. The number of amides is 2. The molecule has 3 N–H and O–H groups in total. The summed E-state index contributed by atoms with van der Waals surface area (Å²) < 4.78 is 70.4. The molecule has 0 radical (unpaired) electrons. The average Bonchev–Trinajstić information content (AvgIpc) is 2.95. The number of hydrogen-bond donors (Lipinski definition) is 2. The average molecular weight is 626 g/mol. The number of nitrogens with two attached hydrogens (primary N) is 1. The number of rotatable bonds is 10. The van der Waals surface area contributed by atoms with E-state index in [2.05, 4.69) is 5.32 Å². The number of methoxy groups -OCH3 is 1. The highest BCUT2D eigenvalue weighted by Crippen LogP contribution is 2.38. The maximum atomic E-state index is 14.4. The molecule has 0 aliphatic carbocycles. The third-order valence-corrected chi connectivity index (χ3v) is 7.02. The number of aromatic nitrogens is 1. The van der Waals surface area contributed by atoms with E-state index in [0.717, 1.165) is 35.6 Å². The van der Waals surface area contributed by atoms with Gasteiger partial charge < -0.3 is 25.3 Å². The zero-order valence-electron chi connectivity index (χ0n) is 22.9. The standard InChI is InChI=1S/C29H28ClF4N3O6/c1-41-25-14-37(26(38)13-21(25)20-10-16(30)5-8-24(20)43-15-29(32,33)34)23(12-18-4-2-3-9-42-18)28(40)36-17-6-7-19(27(35)39)22(31)11-17/h5-8,10-11,13-14,18,23H,2-4,9,12,15H2,1H3,(H2,35,39)(H,36,40)/t18-,23?/m0/s1. The highest BCUT2D eigenvalue weighted by Gasteiger charge is 2.31. The van der Waals surface area contributed by atoms with Gasteiger partial charge in [0.05, 0.1) is 25.0 Å². The van der Waals surface area contributed by atoms with E-state index in [-0.39, 0.29) is 51.4 Å². The van der Waals surface area contributed by atoms with Gasteiger partial charge in [-0.2, -0.15) is 13.2 Å². The zero-order chi connectivity index (χ0) is 31.3. The Hall–Kier alpha value is -4.10. The molecular weight excluding hydrogens is 598 g/mol. The highest BCUT2D eigenvalue weighted by atomic mass is 35.5. The number of pyridine rings is 1. The number of benzene rings is 2. The van der Waals surface area contributed by atoms with E-state index < -0.39 is 42.0 Å². The molecular formula is C29H28ClF4N3O6. The summed E-state index contributed by atoms with van der Waals surface area (Å²) in [5.41, 5.74) is 4.27. The van der Waals surface area contributed by atoms with Crippen molar-refractivity contribution in [3.05, 3.63) is 75.4 Å². The fourth-order valence-electron chi connectivity index (χ4n) is 4.75. The summed E-state index contributed by atoms with van der Waals surface area (Å²) in [5, 5.41) is 2.73. The predicted molar refractivity (Wildman–Crippen MR) is 150 cm³/mol. The molecule has 0 bridgehead atoms. The van der Waals surface area contributed by atoms with Crippen LogP contribution in [0, 0.1) is 5.82 Å². The summed E-state index contributed by atoms with van der Waals surface area (Å²) in [6.45, 7) is -1.10. The van der Waals surface area contributed by atoms with Crippen LogP contribution in [-0.4, -0.2) is 49.0 Å². The Kier molecular flexibility index (Phi) is 9.97. The summed E-state index contributed by atoms with van der Waals surface area (Å²) in [6, 6.07) is 7.20. The Labute approximate surface area is 248 Å². The van der Waals surface area contributed by atoms with Gasteiger partial charge in [-0.25, -0.2) is 4.39 Å². The van der Waals surface area contributed by atoms with Gasteiger partial charge in [0.25, 0.3) is 11.5 Å². The summed E-state index contributed by atoms with van der Waals surface area (Å²) in [4.78, 5) is 38.5. The van der Waals surface area contributed by atoms with Gasteiger partial charge in [0, 0.05) is 40.9 Å². The molecule has 9 nitrogen and oxygen atoms in total. The Morgan fingerprint density at radius 3 is 2.51 bits per heavy atom. The van der Waals surface area contributed by atoms with Crippen molar-refractivity contribution < 1.29 is 41.4 Å². The van der Waals surface area contributed by atoms with Crippen LogP contribution in [0.15, 0.2) is 53.5 Å². The van der Waals surface area contributed by atoms with Crippen LogP contribution in [0.5, 0.6) is 11.5 Å². The number of nitrogens with zero attached hydrogens (tertiary/aromatic N) is 1. The second kappa shape index (κ2) is 13.5. The van der Waals surface area contributed by atoms with Crippen LogP contribution in [0.1, 0.15) is 42.1 Å². The van der Waals surface area contributed by atoms with E-state index in [4.69, 9.17) is 31.5 Å². The van der Waals surface area contributed by atoms with Crippen molar-refractivity contribution in [3.63, 3.8) is 0 Å². The van der Waals surface area contributed by atoms with E-state index in [1.54, 1.807) is 0 Å². The number of hydrogen-bond acceptors (Lipinski definition) is 6. The molecule has 2 amide bonds. The quantitative estimate of drug-likeness (QED) is 0.287. The zero-order valence-corrected chi connectivity index (χ0v) is 23.6. The van der Waals surface area contributed by atoms with Gasteiger partial charge in [0.2, 0.25) is 5.91 Å². The van der Waals surface area contributed by atoms with Crippen LogP contribution in [0.25, 0.3) is 11.1 Å². The lowest BCUT2D eigenvalue weighted by molar-refractivity contribution is -0.153. The van der Waals surface area contributed by atoms with Gasteiger partial charge >= 0.3 is 6.18 Å². The summed E-state index contributed by atoms with van der Waals surface area (Å²) in [5.74, 6) is -2.76. The fourth-order valence-corrected chi connectivity index (χ4v) is 4.92. The minimum absolute atomic E-state index is 0.0177. The molecule has 1 fully saturated rings. The van der Waals surface area contributed by atoms with Crippen molar-refractivity contribution >= 4 is 29.1 Å². The first-order valence-corrected chi connectivity index (χ1v) is 13.6. The van der Waals surface area contributed by atoms with Crippen LogP contribution < -0.4 is 26.1 Å². The summed E-state index contributed by atoms with van der Waals surface area (Å²) in [6.07, 6.45) is -1.31. The lowest BCUT2D eigenvalue weighted by Gasteiger charge is -2.28. The minimum Gasteiger partial charge on any atom is -0.495 e. The highest BCUT2D eigenvalue weighted by molar-refractivity contribution is 6.31. The topological polar surface area (TPSA) is 122 Å². The number of alkyl halides is 3. The molecule has 2 heterocycles. The van der Waals surface area contributed by atoms with Crippen molar-refractivity contribution in [2.45, 2.75) is 44.0 Å². The first-order valence-electron chi connectivity index (χ1n) is 13.2. The van der Waals surface area contributed by atoms with Crippen molar-refractivity contribution in [2.24, 2.45) is 5.73 Å². The third kappa shape index (κ3) is 8.05. The number of carbonyl (C=O) groups excluding carboxylic acids is 2. The van der Waals surface area contributed by atoms with E-state index in [1.807, 2.05) is 0 Å². The van der Waals surface area contributed by atoms with Crippen LogP contribution in [0.4, 0.5) is 23.2 Å². The number of carbonyl (C=O) groups is 2. The molecule has 2 aromatic carbocycles. The van der Waals surface area contributed by atoms with Crippen LogP contribution in [0.3, 0.4) is 0 Å². The smallest absolute Gasteiger partial charge is 0.422 e. The second-order valence-electron chi connectivity index (χ2n) is 9.83. The van der Waals surface area contributed by atoms with Gasteiger partial charge in [0.15, 0.2) is 6.61 Å². The lowest BCUT2D eigenvalue weighted by Crippen LogP contribution is -2.36. The van der Waals surface area contributed by atoms with Crippen molar-refractivity contribution in [2.75, 3.05) is 25.6 Å². The monoisotopic (exact) mass is 625 g/mol. The molecule has 1 unspecified atom stereocenters. The number of ether oxygens (including phenoxy) is 3. The molecule has 4 rings (SSSR count). The van der Waals surface area contributed by atoms with Crippen LogP contribution >= 0.6 is 11.6 Å². The van der Waals surface area contributed by atoms with Crippen LogP contribution in [0.2, 0.25) is 5.02 Å². The molecule has 14 heteroatoms. The maximum Gasteiger partial charge on any atom is 0.422 e. The summed E-state index contributed by atoms with van der Waals surface area (Å²) in [7, 11) is 1.29. The van der Waals surface area contributed by atoms with E-state index in [0.29, 0.717) is 13.0 Å². The Morgan fingerprint density at radius 2 is 1.88 bits per heavy atom.